The molecule has 0 aromatic carbocycles. The minimum atomic E-state index is -5.16. The molecule has 1 unspecified atom stereocenters. The molecule has 5 N–H and O–H groups in total. The lowest BCUT2D eigenvalue weighted by Crippen LogP contribution is -2.27. The van der Waals surface area contributed by atoms with Crippen molar-refractivity contribution >= 4 is 21.5 Å². The largest absolute Gasteiger partial charge is 0.481 e. The monoisotopic (exact) mass is 674 g/mol. The summed E-state index contributed by atoms with van der Waals surface area (Å²) in [6.07, 6.45) is 0.897. The van der Waals surface area contributed by atoms with E-state index in [1.165, 1.54) is 75.7 Å². The first-order valence-corrected chi connectivity index (χ1v) is 18.5. The number of hydrogen-bond acceptors (Lipinski definition) is 11. The van der Waals surface area contributed by atoms with Crippen molar-refractivity contribution in [2.45, 2.75) is 87.5 Å². The molecule has 0 bridgehead atoms. The average Bonchev–Trinajstić information content (AvgIpc) is 3.44. The van der Waals surface area contributed by atoms with Gasteiger partial charge in [-0.3, -0.25) is 9.09 Å². The predicted octanol–water partition coefficient (Wildman–Crippen LogP) is 3.77. The highest BCUT2D eigenvalue weighted by Crippen LogP contribution is 2.57. The van der Waals surface area contributed by atoms with Gasteiger partial charge in [-0.1, -0.05) is 62.3 Å². The SMILES string of the molecule is CCN(CC)CC.CCN(CC)CC.CCN(CC)CC.Nc1ccn([C@H]2CC[C@@H](COP(=O)(O)OP(=O)(O)O)O2)c(=O)n1. The third-order valence-corrected chi connectivity index (χ3v) is 9.06. The topological polar surface area (TPSA) is 193 Å². The second-order valence-corrected chi connectivity index (χ2v) is 12.4. The fourth-order valence-corrected chi connectivity index (χ4v) is 5.63. The van der Waals surface area contributed by atoms with Gasteiger partial charge in [0.25, 0.3) is 0 Å². The molecule has 262 valence electrons. The van der Waals surface area contributed by atoms with E-state index in [1.54, 1.807) is 0 Å². The van der Waals surface area contributed by atoms with Crippen molar-refractivity contribution in [3.63, 3.8) is 0 Å². The van der Waals surface area contributed by atoms with Crippen LogP contribution in [0.5, 0.6) is 0 Å². The van der Waals surface area contributed by atoms with Crippen molar-refractivity contribution in [1.82, 2.24) is 24.3 Å². The molecule has 1 aliphatic heterocycles. The smallest absolute Gasteiger partial charge is 0.383 e. The second-order valence-electron chi connectivity index (χ2n) is 9.53. The van der Waals surface area contributed by atoms with E-state index in [0.717, 1.165) is 0 Å². The maximum Gasteiger partial charge on any atom is 0.481 e. The number of aromatic nitrogens is 2. The van der Waals surface area contributed by atoms with Crippen LogP contribution in [0.25, 0.3) is 0 Å². The van der Waals surface area contributed by atoms with Gasteiger partial charge in [-0.2, -0.15) is 9.29 Å². The summed E-state index contributed by atoms with van der Waals surface area (Å²) in [4.78, 5) is 48.5. The molecule has 44 heavy (non-hydrogen) atoms. The predicted molar refractivity (Wildman–Crippen MR) is 175 cm³/mol. The van der Waals surface area contributed by atoms with Crippen molar-refractivity contribution in [1.29, 1.82) is 0 Å². The number of hydrogen-bond donors (Lipinski definition) is 4. The summed E-state index contributed by atoms with van der Waals surface area (Å²) in [7, 11) is -10.1. The molecule has 1 aliphatic rings. The average molecular weight is 675 g/mol. The molecule has 15 nitrogen and oxygen atoms in total. The van der Waals surface area contributed by atoms with Crippen LogP contribution < -0.4 is 11.4 Å². The van der Waals surface area contributed by atoms with Gasteiger partial charge in [0.05, 0.1) is 12.7 Å². The number of anilines is 1. The molecule has 2 rings (SSSR count). The number of nitrogens with zero attached hydrogens (tertiary/aromatic N) is 5. The van der Waals surface area contributed by atoms with Crippen molar-refractivity contribution in [2.75, 3.05) is 71.2 Å². The number of nitrogens with two attached hydrogens (primary N) is 1. The molecule has 1 saturated heterocycles. The van der Waals surface area contributed by atoms with Gasteiger partial charge in [0.2, 0.25) is 0 Å². The first-order valence-electron chi connectivity index (χ1n) is 15.5. The third kappa shape index (κ3) is 21.5. The van der Waals surface area contributed by atoms with Gasteiger partial charge in [-0.05, 0) is 77.8 Å². The Bertz CT molecular complexity index is 957. The molecule has 1 fully saturated rings. The van der Waals surface area contributed by atoms with Gasteiger partial charge < -0.3 is 39.9 Å². The molecular weight excluding hydrogens is 614 g/mol. The van der Waals surface area contributed by atoms with Crippen LogP contribution in [0.1, 0.15) is 81.4 Å². The van der Waals surface area contributed by atoms with Gasteiger partial charge in [0, 0.05) is 6.20 Å². The van der Waals surface area contributed by atoms with Crippen molar-refractivity contribution in [3.8, 4) is 0 Å². The van der Waals surface area contributed by atoms with Gasteiger partial charge >= 0.3 is 21.3 Å². The molecule has 1 aromatic heterocycles. The van der Waals surface area contributed by atoms with Crippen LogP contribution in [-0.2, 0) is 22.7 Å². The van der Waals surface area contributed by atoms with Gasteiger partial charge in [-0.25, -0.2) is 13.9 Å². The molecule has 0 amide bonds. The number of ether oxygens (including phenoxy) is 1. The lowest BCUT2D eigenvalue weighted by molar-refractivity contribution is -0.0242. The maximum absolute atomic E-state index is 11.7. The van der Waals surface area contributed by atoms with Crippen molar-refractivity contribution in [3.05, 3.63) is 22.7 Å². The first-order chi connectivity index (χ1) is 20.6. The Morgan fingerprint density at radius 2 is 1.25 bits per heavy atom. The van der Waals surface area contributed by atoms with E-state index >= 15 is 0 Å². The Hall–Kier alpha value is -1.22. The zero-order chi connectivity index (χ0) is 34.3. The minimum absolute atomic E-state index is 0.0694. The molecule has 2 heterocycles. The van der Waals surface area contributed by atoms with Gasteiger partial charge in [-0.15, -0.1) is 0 Å². The Kier molecular flexibility index (Phi) is 25.5. The van der Waals surface area contributed by atoms with E-state index in [0.29, 0.717) is 12.8 Å². The quantitative estimate of drug-likeness (QED) is 0.196. The zero-order valence-electron chi connectivity index (χ0n) is 28.3. The molecule has 3 atom stereocenters. The second kappa shape index (κ2) is 24.9. The molecule has 0 radical (unpaired) electrons. The summed E-state index contributed by atoms with van der Waals surface area (Å²) < 4.78 is 36.6. The van der Waals surface area contributed by atoms with Gasteiger partial charge in [0.1, 0.15) is 12.0 Å². The number of nitrogen functional groups attached to an aromatic ring is 1. The highest BCUT2D eigenvalue weighted by molar-refractivity contribution is 7.60. The lowest BCUT2D eigenvalue weighted by Gasteiger charge is -2.17. The molecule has 1 aromatic rings. The molecule has 0 saturated carbocycles. The summed E-state index contributed by atoms with van der Waals surface area (Å²) in [5.41, 5.74) is 4.78. The fraction of sp³-hybridized carbons (Fsp3) is 0.852. The van der Waals surface area contributed by atoms with Crippen molar-refractivity contribution in [2.24, 2.45) is 0 Å². The first kappa shape index (κ1) is 44.9. The standard InChI is InChI=1S/C9H15N3O9P2.3C6H15N/c10-7-3-4-12(9(13)11-7)8-2-1-6(20-8)5-19-23(17,18)21-22(14,15)16;3*1-4-7(5-2)6-3/h3-4,6,8H,1-2,5H2,(H,17,18)(H2,10,11,13)(H2,14,15,16);3*4-6H2,1-3H3/t6-,8+;;;/m0.../s1. The van der Waals surface area contributed by atoms with Crippen LogP contribution in [0.2, 0.25) is 0 Å². The van der Waals surface area contributed by atoms with Gasteiger partial charge in [0.15, 0.2) is 0 Å². The van der Waals surface area contributed by atoms with Crippen molar-refractivity contribution < 1.29 is 37.4 Å². The van der Waals surface area contributed by atoms with Crippen LogP contribution in [0, 0.1) is 0 Å². The van der Waals surface area contributed by atoms with E-state index in [2.05, 4.69) is 90.8 Å². The Labute approximate surface area is 264 Å². The fourth-order valence-electron chi connectivity index (χ4n) is 4.01. The Balaban J connectivity index is 0. The summed E-state index contributed by atoms with van der Waals surface area (Å²) in [5.74, 6) is 0.0694. The van der Waals surface area contributed by atoms with E-state index in [4.69, 9.17) is 25.2 Å². The Morgan fingerprint density at radius 1 is 0.841 bits per heavy atom. The molecular formula is C27H60N6O9P2. The van der Waals surface area contributed by atoms with Crippen LogP contribution in [0.3, 0.4) is 0 Å². The van der Waals surface area contributed by atoms with E-state index in [9.17, 15) is 13.9 Å². The Morgan fingerprint density at radius 3 is 1.57 bits per heavy atom. The number of phosphoric ester groups is 1. The number of phosphoric acid groups is 2. The summed E-state index contributed by atoms with van der Waals surface area (Å²) >= 11 is 0. The summed E-state index contributed by atoms with van der Waals surface area (Å²) in [5, 5.41) is 0. The lowest BCUT2D eigenvalue weighted by atomic mass is 10.2. The summed E-state index contributed by atoms with van der Waals surface area (Å²) in [6, 6.07) is 1.42. The van der Waals surface area contributed by atoms with Crippen LogP contribution in [0.4, 0.5) is 5.82 Å². The summed E-state index contributed by atoms with van der Waals surface area (Å²) in [6.45, 7) is 29.9. The normalized spacial score (nSPS) is 17.7. The molecule has 17 heteroatoms. The minimum Gasteiger partial charge on any atom is -0.383 e. The van der Waals surface area contributed by atoms with Crippen LogP contribution in [0.15, 0.2) is 17.1 Å². The van der Waals surface area contributed by atoms with Crippen LogP contribution in [-0.4, -0.2) is 111 Å². The van der Waals surface area contributed by atoms with E-state index in [1.807, 2.05) is 0 Å². The highest BCUT2D eigenvalue weighted by atomic mass is 31.3. The van der Waals surface area contributed by atoms with E-state index in [-0.39, 0.29) is 5.82 Å². The third-order valence-electron chi connectivity index (χ3n) is 6.90. The van der Waals surface area contributed by atoms with E-state index < -0.39 is 40.3 Å². The maximum atomic E-state index is 11.7. The van der Waals surface area contributed by atoms with Crippen LogP contribution >= 0.6 is 15.6 Å². The number of rotatable bonds is 15. The molecule has 0 aliphatic carbocycles. The molecule has 0 spiro atoms. The highest BCUT2D eigenvalue weighted by Gasteiger charge is 2.35. The zero-order valence-corrected chi connectivity index (χ0v) is 30.1.